The molecule has 4 N–H and O–H groups in total. The SMILES string of the molecule is CCCCCCCC/C=C/C/C=C/C/C=C/CCCC(=O)OC[C@H](CO[C@H]1O[C@H](CS(=O)(=O)O)[C@@H](O)C(O)C1O)OC(=O)CCCCCCCCCCCCCCCCC. The molecule has 350 valence electrons. The lowest BCUT2D eigenvalue weighted by Crippen LogP contribution is -2.60. The first-order valence-corrected chi connectivity index (χ1v) is 25.2. The predicted octanol–water partition coefficient (Wildman–Crippen LogP) is 9.78. The van der Waals surface area contributed by atoms with E-state index in [9.17, 15) is 37.9 Å². The number of ether oxygens (including phenoxy) is 4. The molecule has 0 amide bonds. The topological polar surface area (TPSA) is 186 Å². The van der Waals surface area contributed by atoms with Gasteiger partial charge in [0.15, 0.2) is 12.4 Å². The van der Waals surface area contributed by atoms with Crippen LogP contribution in [-0.4, -0.2) is 96.0 Å². The number of aliphatic hydroxyl groups excluding tert-OH is 3. The maximum atomic E-state index is 12.8. The van der Waals surface area contributed by atoms with Crippen molar-refractivity contribution in [2.75, 3.05) is 19.0 Å². The molecule has 12 nitrogen and oxygen atoms in total. The second-order valence-corrected chi connectivity index (χ2v) is 17.9. The van der Waals surface area contributed by atoms with Crippen molar-refractivity contribution in [2.45, 2.75) is 230 Å². The van der Waals surface area contributed by atoms with E-state index in [0.717, 1.165) is 38.5 Å². The standard InChI is InChI=1S/C47H84O12S/c1-3-5-7-9-11-13-15-17-19-20-22-23-25-27-29-31-33-35-42(48)56-37-40(38-57-47-46(52)45(51)44(50)41(59-47)39-60(53,54)55)58-43(49)36-34-32-30-28-26-24-21-18-16-14-12-10-8-6-4-2/h17,19,22-23,27,29,40-41,44-47,50-52H,3-16,18,20-21,24-26,28,30-39H2,1-2H3,(H,53,54,55)/b19-17+,23-22+,29-27+/t40-,41-,44-,45?,46?,47+/m1/s1. The molecule has 0 spiro atoms. The third-order valence-corrected chi connectivity index (χ3v) is 11.5. The number of rotatable bonds is 39. The quantitative estimate of drug-likeness (QED) is 0.0199. The number of hydrogen-bond donors (Lipinski definition) is 4. The molecule has 2 unspecified atom stereocenters. The Bertz CT molecular complexity index is 1250. The lowest BCUT2D eigenvalue weighted by Gasteiger charge is -2.40. The average Bonchev–Trinajstić information content (AvgIpc) is 3.21. The lowest BCUT2D eigenvalue weighted by molar-refractivity contribution is -0.297. The molecule has 0 aromatic rings. The summed E-state index contributed by atoms with van der Waals surface area (Å²) in [6, 6.07) is 0. The van der Waals surface area contributed by atoms with E-state index < -0.39 is 71.2 Å². The summed E-state index contributed by atoms with van der Waals surface area (Å²) in [7, 11) is -4.61. The molecule has 0 bridgehead atoms. The van der Waals surface area contributed by atoms with Crippen molar-refractivity contribution in [2.24, 2.45) is 0 Å². The molecule has 60 heavy (non-hydrogen) atoms. The largest absolute Gasteiger partial charge is 0.462 e. The van der Waals surface area contributed by atoms with Gasteiger partial charge in [-0.3, -0.25) is 14.1 Å². The fraction of sp³-hybridized carbons (Fsp3) is 0.830. The van der Waals surface area contributed by atoms with Crippen molar-refractivity contribution in [3.05, 3.63) is 36.5 Å². The highest BCUT2D eigenvalue weighted by Crippen LogP contribution is 2.24. The summed E-state index contributed by atoms with van der Waals surface area (Å²) in [6.07, 6.45) is 33.4. The highest BCUT2D eigenvalue weighted by Gasteiger charge is 2.46. The highest BCUT2D eigenvalue weighted by atomic mass is 32.2. The van der Waals surface area contributed by atoms with E-state index in [1.54, 1.807) is 0 Å². The Morgan fingerprint density at radius 2 is 1.02 bits per heavy atom. The summed E-state index contributed by atoms with van der Waals surface area (Å²) in [5.74, 6) is -2.04. The summed E-state index contributed by atoms with van der Waals surface area (Å²) in [4.78, 5) is 25.4. The van der Waals surface area contributed by atoms with Gasteiger partial charge in [-0.25, -0.2) is 0 Å². The van der Waals surface area contributed by atoms with Crippen LogP contribution in [-0.2, 0) is 38.7 Å². The van der Waals surface area contributed by atoms with Crippen LogP contribution < -0.4 is 0 Å². The van der Waals surface area contributed by atoms with E-state index in [-0.39, 0.29) is 19.4 Å². The van der Waals surface area contributed by atoms with Gasteiger partial charge in [0.05, 0.1) is 6.61 Å². The average molecular weight is 873 g/mol. The van der Waals surface area contributed by atoms with Crippen molar-refractivity contribution in [1.29, 1.82) is 0 Å². The van der Waals surface area contributed by atoms with Crippen LogP contribution in [0.15, 0.2) is 36.5 Å². The Kier molecular flexibility index (Phi) is 34.9. The smallest absolute Gasteiger partial charge is 0.306 e. The second-order valence-electron chi connectivity index (χ2n) is 16.4. The molecule has 1 aliphatic rings. The van der Waals surface area contributed by atoms with Crippen molar-refractivity contribution in [3.63, 3.8) is 0 Å². The van der Waals surface area contributed by atoms with Crippen LogP contribution in [0.3, 0.4) is 0 Å². The van der Waals surface area contributed by atoms with Gasteiger partial charge in [0.25, 0.3) is 10.1 Å². The molecule has 0 aromatic carbocycles. The van der Waals surface area contributed by atoms with Gasteiger partial charge in [-0.1, -0.05) is 172 Å². The van der Waals surface area contributed by atoms with Crippen LogP contribution in [0.5, 0.6) is 0 Å². The number of carbonyl (C=O) groups is 2. The van der Waals surface area contributed by atoms with Crippen LogP contribution in [0, 0.1) is 0 Å². The van der Waals surface area contributed by atoms with Gasteiger partial charge < -0.3 is 34.3 Å². The Hall–Kier alpha value is -2.13. The molecule has 0 saturated carbocycles. The summed E-state index contributed by atoms with van der Waals surface area (Å²) in [5.41, 5.74) is 0. The van der Waals surface area contributed by atoms with E-state index in [4.69, 9.17) is 18.9 Å². The third-order valence-electron chi connectivity index (χ3n) is 10.7. The van der Waals surface area contributed by atoms with Gasteiger partial charge in [0.2, 0.25) is 0 Å². The number of allylic oxidation sites excluding steroid dienone is 6. The molecule has 1 saturated heterocycles. The first kappa shape index (κ1) is 55.9. The Balaban J connectivity index is 2.46. The molecule has 0 aromatic heterocycles. The molecular formula is C47H84O12S. The van der Waals surface area contributed by atoms with E-state index in [1.807, 2.05) is 6.08 Å². The van der Waals surface area contributed by atoms with Crippen molar-refractivity contribution >= 4 is 22.1 Å². The van der Waals surface area contributed by atoms with E-state index in [2.05, 4.69) is 44.2 Å². The molecule has 6 atom stereocenters. The minimum absolute atomic E-state index is 0.149. The van der Waals surface area contributed by atoms with Gasteiger partial charge in [-0.15, -0.1) is 0 Å². The van der Waals surface area contributed by atoms with Crippen LogP contribution in [0.2, 0.25) is 0 Å². The summed E-state index contributed by atoms with van der Waals surface area (Å²) in [5, 5.41) is 30.9. The van der Waals surface area contributed by atoms with Gasteiger partial charge in [-0.2, -0.15) is 8.42 Å². The normalized spacial score (nSPS) is 20.4. The first-order chi connectivity index (χ1) is 29.0. The van der Waals surface area contributed by atoms with Crippen LogP contribution in [0.25, 0.3) is 0 Å². The van der Waals surface area contributed by atoms with Crippen LogP contribution in [0.1, 0.15) is 194 Å². The molecular weight excluding hydrogens is 789 g/mol. The lowest BCUT2D eigenvalue weighted by atomic mass is 10.00. The summed E-state index contributed by atoms with van der Waals surface area (Å²) < 4.78 is 54.0. The van der Waals surface area contributed by atoms with Gasteiger partial charge in [0.1, 0.15) is 36.8 Å². The number of hydrogen-bond acceptors (Lipinski definition) is 11. The fourth-order valence-electron chi connectivity index (χ4n) is 7.05. The van der Waals surface area contributed by atoms with Gasteiger partial charge in [-0.05, 0) is 44.9 Å². The van der Waals surface area contributed by atoms with Crippen LogP contribution in [0.4, 0.5) is 0 Å². The van der Waals surface area contributed by atoms with Crippen molar-refractivity contribution in [1.82, 2.24) is 0 Å². The minimum Gasteiger partial charge on any atom is -0.462 e. The zero-order chi connectivity index (χ0) is 44.1. The zero-order valence-corrected chi connectivity index (χ0v) is 38.1. The van der Waals surface area contributed by atoms with E-state index in [1.165, 1.54) is 109 Å². The van der Waals surface area contributed by atoms with Crippen LogP contribution >= 0.6 is 0 Å². The first-order valence-electron chi connectivity index (χ1n) is 23.5. The number of carbonyl (C=O) groups excluding carboxylic acids is 2. The second kappa shape index (κ2) is 37.4. The predicted molar refractivity (Wildman–Crippen MR) is 238 cm³/mol. The Morgan fingerprint density at radius 1 is 0.567 bits per heavy atom. The van der Waals surface area contributed by atoms with Gasteiger partial charge >= 0.3 is 11.9 Å². The zero-order valence-electron chi connectivity index (χ0n) is 37.3. The fourth-order valence-corrected chi connectivity index (χ4v) is 7.74. The van der Waals surface area contributed by atoms with Crippen molar-refractivity contribution < 1.29 is 56.8 Å². The molecule has 0 aliphatic carbocycles. The molecule has 1 fully saturated rings. The maximum Gasteiger partial charge on any atom is 0.306 e. The third kappa shape index (κ3) is 31.7. The maximum absolute atomic E-state index is 12.8. The Labute approximate surface area is 363 Å². The summed E-state index contributed by atoms with van der Waals surface area (Å²) >= 11 is 0. The highest BCUT2D eigenvalue weighted by molar-refractivity contribution is 7.85. The number of esters is 2. The number of unbranched alkanes of at least 4 members (excludes halogenated alkanes) is 21. The molecule has 1 heterocycles. The van der Waals surface area contributed by atoms with E-state index in [0.29, 0.717) is 19.3 Å². The van der Waals surface area contributed by atoms with Crippen molar-refractivity contribution in [3.8, 4) is 0 Å². The molecule has 0 radical (unpaired) electrons. The summed E-state index contributed by atoms with van der Waals surface area (Å²) in [6.45, 7) is 3.72. The monoisotopic (exact) mass is 873 g/mol. The Morgan fingerprint density at radius 3 is 1.53 bits per heavy atom. The molecule has 1 aliphatic heterocycles. The molecule has 1 rings (SSSR count). The van der Waals surface area contributed by atoms with E-state index >= 15 is 0 Å². The number of aliphatic hydroxyl groups is 3. The minimum atomic E-state index is -4.61. The van der Waals surface area contributed by atoms with Gasteiger partial charge in [0, 0.05) is 12.8 Å². The molecule has 13 heteroatoms.